The number of carbonyl (C=O) groups excluding carboxylic acids is 1. The molecule has 2 N–H and O–H groups in total. The van der Waals surface area contributed by atoms with Gasteiger partial charge in [-0.05, 0) is 42.3 Å². The Bertz CT molecular complexity index is 811. The van der Waals surface area contributed by atoms with Crippen molar-refractivity contribution in [3.05, 3.63) is 70.6 Å². The highest BCUT2D eigenvalue weighted by molar-refractivity contribution is 6.30. The van der Waals surface area contributed by atoms with Gasteiger partial charge in [0.05, 0.1) is 5.56 Å². The Morgan fingerprint density at radius 1 is 1.18 bits per heavy atom. The number of H-pyrrole nitrogens is 1. The minimum atomic E-state index is -0.330. The third-order valence-electron chi connectivity index (χ3n) is 3.50. The number of hydrogen-bond donors (Lipinski definition) is 2. The maximum absolute atomic E-state index is 13.1. The van der Waals surface area contributed by atoms with E-state index in [0.717, 1.165) is 12.0 Å². The van der Waals surface area contributed by atoms with Gasteiger partial charge in [-0.1, -0.05) is 23.7 Å². The van der Waals surface area contributed by atoms with Crippen molar-refractivity contribution in [2.45, 2.75) is 6.42 Å². The zero-order chi connectivity index (χ0) is 15.5. The van der Waals surface area contributed by atoms with Crippen LogP contribution in [-0.2, 0) is 6.42 Å². The first-order chi connectivity index (χ1) is 10.6. The molecule has 2 aromatic carbocycles. The van der Waals surface area contributed by atoms with Gasteiger partial charge in [-0.2, -0.15) is 0 Å². The molecule has 0 aliphatic heterocycles. The molecule has 0 aliphatic carbocycles. The zero-order valence-corrected chi connectivity index (χ0v) is 12.5. The Balaban J connectivity index is 1.65. The van der Waals surface area contributed by atoms with E-state index in [4.69, 9.17) is 11.6 Å². The van der Waals surface area contributed by atoms with Crippen molar-refractivity contribution >= 4 is 28.4 Å². The fraction of sp³-hybridized carbons (Fsp3) is 0.118. The first kappa shape index (κ1) is 14.6. The SMILES string of the molecule is O=C(NCCc1ccc(Cl)cc1)c1c[nH]c2cc(F)ccc12. The van der Waals surface area contributed by atoms with E-state index >= 15 is 0 Å². The average Bonchev–Trinajstić information content (AvgIpc) is 2.92. The summed E-state index contributed by atoms with van der Waals surface area (Å²) in [5.74, 6) is -0.504. The summed E-state index contributed by atoms with van der Waals surface area (Å²) in [6.45, 7) is 0.522. The predicted molar refractivity (Wildman–Crippen MR) is 85.7 cm³/mol. The molecule has 0 aliphatic rings. The summed E-state index contributed by atoms with van der Waals surface area (Å²) in [7, 11) is 0. The van der Waals surface area contributed by atoms with E-state index < -0.39 is 0 Å². The van der Waals surface area contributed by atoms with Crippen LogP contribution in [0.25, 0.3) is 10.9 Å². The van der Waals surface area contributed by atoms with Crippen LogP contribution in [0.1, 0.15) is 15.9 Å². The van der Waals surface area contributed by atoms with Crippen LogP contribution in [0.3, 0.4) is 0 Å². The minimum Gasteiger partial charge on any atom is -0.360 e. The van der Waals surface area contributed by atoms with Gasteiger partial charge in [0, 0.05) is 28.7 Å². The van der Waals surface area contributed by atoms with Gasteiger partial charge in [-0.15, -0.1) is 0 Å². The van der Waals surface area contributed by atoms with E-state index in [-0.39, 0.29) is 11.7 Å². The summed E-state index contributed by atoms with van der Waals surface area (Å²) in [5.41, 5.74) is 2.24. The van der Waals surface area contributed by atoms with E-state index in [1.807, 2.05) is 24.3 Å². The van der Waals surface area contributed by atoms with Crippen LogP contribution in [-0.4, -0.2) is 17.4 Å². The van der Waals surface area contributed by atoms with Gasteiger partial charge in [0.15, 0.2) is 0 Å². The number of benzene rings is 2. The lowest BCUT2D eigenvalue weighted by molar-refractivity contribution is 0.0956. The highest BCUT2D eigenvalue weighted by Gasteiger charge is 2.11. The largest absolute Gasteiger partial charge is 0.360 e. The summed E-state index contributed by atoms with van der Waals surface area (Å²) in [5, 5.41) is 4.28. The fourth-order valence-corrected chi connectivity index (χ4v) is 2.48. The molecule has 0 atom stereocenters. The number of halogens is 2. The molecule has 22 heavy (non-hydrogen) atoms. The van der Waals surface area contributed by atoms with Gasteiger partial charge in [-0.3, -0.25) is 4.79 Å². The molecule has 0 bridgehead atoms. The van der Waals surface area contributed by atoms with Gasteiger partial charge in [0.2, 0.25) is 0 Å². The number of aromatic nitrogens is 1. The van der Waals surface area contributed by atoms with E-state index in [9.17, 15) is 9.18 Å². The fourth-order valence-electron chi connectivity index (χ4n) is 2.35. The summed E-state index contributed by atoms with van der Waals surface area (Å²) >= 11 is 5.83. The van der Waals surface area contributed by atoms with E-state index in [1.165, 1.54) is 12.1 Å². The van der Waals surface area contributed by atoms with Gasteiger partial charge < -0.3 is 10.3 Å². The van der Waals surface area contributed by atoms with Crippen LogP contribution in [0.15, 0.2) is 48.7 Å². The van der Waals surface area contributed by atoms with Crippen molar-refractivity contribution in [1.29, 1.82) is 0 Å². The van der Waals surface area contributed by atoms with Crippen LogP contribution in [0.5, 0.6) is 0 Å². The lowest BCUT2D eigenvalue weighted by atomic mass is 10.1. The predicted octanol–water partition coefficient (Wildman–Crippen LogP) is 3.93. The van der Waals surface area contributed by atoms with Crippen molar-refractivity contribution in [2.75, 3.05) is 6.54 Å². The first-order valence-electron chi connectivity index (χ1n) is 6.93. The molecule has 0 unspecified atom stereocenters. The number of carbonyl (C=O) groups is 1. The molecule has 3 nitrogen and oxygen atoms in total. The Labute approximate surface area is 132 Å². The van der Waals surface area contributed by atoms with Crippen LogP contribution >= 0.6 is 11.6 Å². The maximum Gasteiger partial charge on any atom is 0.253 e. The Morgan fingerprint density at radius 2 is 1.95 bits per heavy atom. The zero-order valence-electron chi connectivity index (χ0n) is 11.7. The Morgan fingerprint density at radius 3 is 2.73 bits per heavy atom. The number of aromatic amines is 1. The molecule has 0 fully saturated rings. The van der Waals surface area contributed by atoms with Crippen molar-refractivity contribution in [2.24, 2.45) is 0 Å². The van der Waals surface area contributed by atoms with E-state index in [1.54, 1.807) is 12.3 Å². The second-order valence-electron chi connectivity index (χ2n) is 5.02. The van der Waals surface area contributed by atoms with E-state index in [0.29, 0.717) is 28.0 Å². The lowest BCUT2D eigenvalue weighted by Gasteiger charge is -2.05. The van der Waals surface area contributed by atoms with Crippen LogP contribution in [0.4, 0.5) is 4.39 Å². The van der Waals surface area contributed by atoms with Crippen molar-refractivity contribution in [1.82, 2.24) is 10.3 Å². The highest BCUT2D eigenvalue weighted by Crippen LogP contribution is 2.19. The van der Waals surface area contributed by atoms with Gasteiger partial charge in [-0.25, -0.2) is 4.39 Å². The molecule has 1 heterocycles. The molecular weight excluding hydrogens is 303 g/mol. The third-order valence-corrected chi connectivity index (χ3v) is 3.75. The molecular formula is C17H14ClFN2O. The van der Waals surface area contributed by atoms with Crippen LogP contribution < -0.4 is 5.32 Å². The molecule has 0 saturated carbocycles. The first-order valence-corrected chi connectivity index (χ1v) is 7.30. The standard InChI is InChI=1S/C17H14ClFN2O/c18-12-3-1-11(2-4-12)7-8-20-17(22)15-10-21-16-9-13(19)5-6-14(15)16/h1-6,9-10,21H,7-8H2,(H,20,22). The monoisotopic (exact) mass is 316 g/mol. The molecule has 112 valence electrons. The highest BCUT2D eigenvalue weighted by atomic mass is 35.5. The average molecular weight is 317 g/mol. The summed E-state index contributed by atoms with van der Waals surface area (Å²) in [6.07, 6.45) is 2.32. The van der Waals surface area contributed by atoms with Gasteiger partial charge in [0.25, 0.3) is 5.91 Å². The van der Waals surface area contributed by atoms with Crippen molar-refractivity contribution < 1.29 is 9.18 Å². The Kier molecular flexibility index (Phi) is 4.11. The lowest BCUT2D eigenvalue weighted by Crippen LogP contribution is -2.25. The minimum absolute atomic E-state index is 0.174. The molecule has 5 heteroatoms. The molecule has 1 amide bonds. The number of rotatable bonds is 4. The third kappa shape index (κ3) is 3.12. The second-order valence-corrected chi connectivity index (χ2v) is 5.46. The summed E-state index contributed by atoms with van der Waals surface area (Å²) < 4.78 is 13.1. The number of hydrogen-bond acceptors (Lipinski definition) is 1. The van der Waals surface area contributed by atoms with Crippen molar-refractivity contribution in [3.63, 3.8) is 0 Å². The smallest absolute Gasteiger partial charge is 0.253 e. The molecule has 0 saturated heterocycles. The molecule has 0 radical (unpaired) electrons. The van der Waals surface area contributed by atoms with E-state index in [2.05, 4.69) is 10.3 Å². The molecule has 3 aromatic rings. The normalized spacial score (nSPS) is 10.8. The number of nitrogens with one attached hydrogen (secondary N) is 2. The van der Waals surface area contributed by atoms with Crippen LogP contribution in [0, 0.1) is 5.82 Å². The van der Waals surface area contributed by atoms with Crippen molar-refractivity contribution in [3.8, 4) is 0 Å². The molecule has 0 spiro atoms. The number of fused-ring (bicyclic) bond motifs is 1. The quantitative estimate of drug-likeness (QED) is 0.752. The summed E-state index contributed by atoms with van der Waals surface area (Å²) in [6, 6.07) is 11.8. The van der Waals surface area contributed by atoms with Gasteiger partial charge >= 0.3 is 0 Å². The topological polar surface area (TPSA) is 44.9 Å². The summed E-state index contributed by atoms with van der Waals surface area (Å²) in [4.78, 5) is 15.1. The molecule has 3 rings (SSSR count). The number of amides is 1. The Hall–Kier alpha value is -2.33. The molecule has 1 aromatic heterocycles. The second kappa shape index (κ2) is 6.20. The maximum atomic E-state index is 13.1. The van der Waals surface area contributed by atoms with Crippen LogP contribution in [0.2, 0.25) is 5.02 Å². The van der Waals surface area contributed by atoms with Gasteiger partial charge in [0.1, 0.15) is 5.82 Å².